The lowest BCUT2D eigenvalue weighted by Gasteiger charge is -2.13. The Balaban J connectivity index is 1.02. The van der Waals surface area contributed by atoms with Gasteiger partial charge in [-0.2, -0.15) is 0 Å². The Hall–Kier alpha value is -8.67. The summed E-state index contributed by atoms with van der Waals surface area (Å²) in [7, 11) is 0. The van der Waals surface area contributed by atoms with Crippen LogP contribution in [-0.2, 0) is 0 Å². The van der Waals surface area contributed by atoms with Gasteiger partial charge < -0.3 is 8.98 Å². The maximum absolute atomic E-state index is 6.91. The van der Waals surface area contributed by atoms with Crippen molar-refractivity contribution in [1.29, 1.82) is 0 Å². The van der Waals surface area contributed by atoms with Crippen LogP contribution < -0.4 is 0 Å². The van der Waals surface area contributed by atoms with E-state index in [9.17, 15) is 0 Å². The molecular weight excluding hydrogens is 781 g/mol. The highest BCUT2D eigenvalue weighted by atomic mass is 16.3. The van der Waals surface area contributed by atoms with E-state index in [0.29, 0.717) is 17.5 Å². The quantitative estimate of drug-likeness (QED) is 0.168. The average Bonchev–Trinajstić information content (AvgIpc) is 3.90. The zero-order valence-corrected chi connectivity index (χ0v) is 34.5. The zero-order chi connectivity index (χ0) is 42.1. The first-order valence-electron chi connectivity index (χ1n) is 21.6. The van der Waals surface area contributed by atoms with Crippen molar-refractivity contribution in [3.63, 3.8) is 0 Å². The smallest absolute Gasteiger partial charge is 0.164 e. The molecule has 64 heavy (non-hydrogen) atoms. The van der Waals surface area contributed by atoms with Gasteiger partial charge in [-0.1, -0.05) is 170 Å². The zero-order valence-electron chi connectivity index (χ0n) is 34.5. The van der Waals surface area contributed by atoms with Crippen LogP contribution in [0.2, 0.25) is 0 Å². The molecule has 0 N–H and O–H groups in total. The summed E-state index contributed by atoms with van der Waals surface area (Å²) in [4.78, 5) is 15.6. The third-order valence-corrected chi connectivity index (χ3v) is 12.6. The second kappa shape index (κ2) is 14.5. The summed E-state index contributed by atoms with van der Waals surface area (Å²) in [6.07, 6.45) is 0. The fourth-order valence-corrected chi connectivity index (χ4v) is 9.55. The van der Waals surface area contributed by atoms with Gasteiger partial charge in [0.2, 0.25) is 0 Å². The molecule has 0 radical (unpaired) electrons. The molecule has 0 unspecified atom stereocenters. The number of para-hydroxylation sites is 2. The molecule has 0 bridgehead atoms. The lowest BCUT2D eigenvalue weighted by molar-refractivity contribution is 0.670. The second-order valence-corrected chi connectivity index (χ2v) is 16.4. The molecule has 3 aromatic heterocycles. The number of nitrogens with zero attached hydrogens (tertiary/aromatic N) is 4. The van der Waals surface area contributed by atoms with Crippen LogP contribution in [0.15, 0.2) is 223 Å². The standard InChI is InChI=1S/C59H36N4O/c1-2-15-39(16-3-1)57-60-58(40-30-28-38(29-31-40)47-25-13-19-37-14-6-7-22-46(37)47)62-59(61-57)44-34-50(56-52(35-44)51-33-41-17-4-5-18-42(41)36-55(51)64-56)43-20-12-21-45(32-43)63-53-26-10-8-23-48(53)49-24-9-11-27-54(49)63/h1-36H. The third kappa shape index (κ3) is 5.90. The Kier molecular flexibility index (Phi) is 8.15. The fourth-order valence-electron chi connectivity index (χ4n) is 9.55. The maximum Gasteiger partial charge on any atom is 0.164 e. The predicted octanol–water partition coefficient (Wildman–Crippen LogP) is 15.5. The Morgan fingerprint density at radius 3 is 1.59 bits per heavy atom. The normalized spacial score (nSPS) is 11.8. The minimum absolute atomic E-state index is 0.582. The van der Waals surface area contributed by atoms with E-state index in [-0.39, 0.29) is 0 Å². The van der Waals surface area contributed by atoms with Crippen LogP contribution in [0.1, 0.15) is 0 Å². The van der Waals surface area contributed by atoms with E-state index >= 15 is 0 Å². The van der Waals surface area contributed by atoms with Crippen LogP contribution in [0, 0.1) is 0 Å². The van der Waals surface area contributed by atoms with Crippen molar-refractivity contribution in [2.45, 2.75) is 0 Å². The van der Waals surface area contributed by atoms with Crippen molar-refractivity contribution < 1.29 is 4.42 Å². The average molecular weight is 817 g/mol. The number of furan rings is 1. The van der Waals surface area contributed by atoms with Gasteiger partial charge in [-0.25, -0.2) is 15.0 Å². The van der Waals surface area contributed by atoms with Crippen LogP contribution in [0.3, 0.4) is 0 Å². The van der Waals surface area contributed by atoms with E-state index in [0.717, 1.165) is 82.8 Å². The number of fused-ring (bicyclic) bond motifs is 8. The van der Waals surface area contributed by atoms with Gasteiger partial charge >= 0.3 is 0 Å². The molecule has 0 fully saturated rings. The lowest BCUT2D eigenvalue weighted by atomic mass is 9.97. The molecule has 0 saturated carbocycles. The highest BCUT2D eigenvalue weighted by Crippen LogP contribution is 2.42. The van der Waals surface area contributed by atoms with E-state index in [1.54, 1.807) is 0 Å². The molecule has 298 valence electrons. The monoisotopic (exact) mass is 816 g/mol. The van der Waals surface area contributed by atoms with Gasteiger partial charge in [0.05, 0.1) is 11.0 Å². The first-order valence-corrected chi connectivity index (χ1v) is 21.6. The highest BCUT2D eigenvalue weighted by molar-refractivity contribution is 6.15. The predicted molar refractivity (Wildman–Crippen MR) is 264 cm³/mol. The van der Waals surface area contributed by atoms with Crippen LogP contribution >= 0.6 is 0 Å². The number of hydrogen-bond donors (Lipinski definition) is 0. The van der Waals surface area contributed by atoms with Crippen LogP contribution in [0.25, 0.3) is 127 Å². The lowest BCUT2D eigenvalue weighted by Crippen LogP contribution is -2.00. The molecule has 0 spiro atoms. The molecule has 5 nitrogen and oxygen atoms in total. The van der Waals surface area contributed by atoms with Gasteiger partial charge in [-0.15, -0.1) is 0 Å². The summed E-state index contributed by atoms with van der Waals surface area (Å²) in [5.74, 6) is 1.79. The van der Waals surface area contributed by atoms with Gasteiger partial charge in [0.25, 0.3) is 0 Å². The van der Waals surface area contributed by atoms with Crippen molar-refractivity contribution in [3.05, 3.63) is 218 Å². The summed E-state index contributed by atoms with van der Waals surface area (Å²) in [5.41, 5.74) is 12.0. The van der Waals surface area contributed by atoms with E-state index < -0.39 is 0 Å². The molecule has 13 aromatic rings. The third-order valence-electron chi connectivity index (χ3n) is 12.6. The second-order valence-electron chi connectivity index (χ2n) is 16.4. The maximum atomic E-state index is 6.91. The van der Waals surface area contributed by atoms with Crippen molar-refractivity contribution in [2.24, 2.45) is 0 Å². The largest absolute Gasteiger partial charge is 0.455 e. The van der Waals surface area contributed by atoms with E-state index in [4.69, 9.17) is 19.4 Å². The molecule has 0 saturated heterocycles. The Morgan fingerprint density at radius 1 is 0.312 bits per heavy atom. The summed E-state index contributed by atoms with van der Waals surface area (Å²) >= 11 is 0. The number of benzene rings is 10. The first kappa shape index (κ1) is 36.0. The number of aromatic nitrogens is 4. The molecule has 13 rings (SSSR count). The minimum Gasteiger partial charge on any atom is -0.455 e. The molecule has 0 amide bonds. The topological polar surface area (TPSA) is 56.7 Å². The summed E-state index contributed by atoms with van der Waals surface area (Å²) in [5, 5.41) is 9.20. The minimum atomic E-state index is 0.582. The molecule has 5 heteroatoms. The van der Waals surface area contributed by atoms with Crippen molar-refractivity contribution in [3.8, 4) is 62.1 Å². The summed E-state index contributed by atoms with van der Waals surface area (Å²) in [6.45, 7) is 0. The summed E-state index contributed by atoms with van der Waals surface area (Å²) < 4.78 is 9.27. The molecule has 0 atom stereocenters. The number of rotatable bonds is 6. The van der Waals surface area contributed by atoms with Crippen molar-refractivity contribution in [1.82, 2.24) is 19.5 Å². The van der Waals surface area contributed by atoms with Crippen molar-refractivity contribution in [2.75, 3.05) is 0 Å². The summed E-state index contributed by atoms with van der Waals surface area (Å²) in [6, 6.07) is 76.9. The Morgan fingerprint density at radius 2 is 0.859 bits per heavy atom. The van der Waals surface area contributed by atoms with Gasteiger partial charge in [0.1, 0.15) is 11.2 Å². The van der Waals surface area contributed by atoms with E-state index in [2.05, 4.69) is 205 Å². The van der Waals surface area contributed by atoms with Crippen LogP contribution in [-0.4, -0.2) is 19.5 Å². The van der Waals surface area contributed by atoms with E-state index in [1.807, 2.05) is 18.2 Å². The molecular formula is C59H36N4O. The van der Waals surface area contributed by atoms with Gasteiger partial charge in [0.15, 0.2) is 17.5 Å². The Bertz CT molecular complexity index is 3900. The SMILES string of the molecule is c1ccc(-c2nc(-c3ccc(-c4cccc5ccccc45)cc3)nc(-c3cc(-c4cccc(-n5c6ccccc6c6ccccc65)c4)c4oc5cc6ccccc6cc5c4c3)n2)cc1. The highest BCUT2D eigenvalue weighted by Gasteiger charge is 2.20. The van der Waals surface area contributed by atoms with Gasteiger partial charge in [-0.3, -0.25) is 0 Å². The van der Waals surface area contributed by atoms with Crippen LogP contribution in [0.4, 0.5) is 0 Å². The molecule has 3 heterocycles. The molecule has 0 aliphatic rings. The van der Waals surface area contributed by atoms with Crippen molar-refractivity contribution >= 4 is 65.3 Å². The number of hydrogen-bond acceptors (Lipinski definition) is 4. The fraction of sp³-hybridized carbons (Fsp3) is 0. The molecule has 0 aliphatic carbocycles. The van der Waals surface area contributed by atoms with Crippen LogP contribution in [0.5, 0.6) is 0 Å². The van der Waals surface area contributed by atoms with Gasteiger partial charge in [-0.05, 0) is 86.8 Å². The van der Waals surface area contributed by atoms with E-state index in [1.165, 1.54) is 27.1 Å². The first-order chi connectivity index (χ1) is 31.7. The Labute approximate surface area is 368 Å². The molecule has 10 aromatic carbocycles. The molecule has 0 aliphatic heterocycles. The van der Waals surface area contributed by atoms with Gasteiger partial charge in [0, 0.05) is 49.5 Å².